The van der Waals surface area contributed by atoms with Crippen LogP contribution in [0.2, 0.25) is 0 Å². The van der Waals surface area contributed by atoms with Crippen molar-refractivity contribution in [3.8, 4) is 0 Å². The third kappa shape index (κ3) is 4.71. The van der Waals surface area contributed by atoms with Gasteiger partial charge in [-0.1, -0.05) is 12.1 Å². The maximum absolute atomic E-state index is 12.6. The number of hydrogen-bond acceptors (Lipinski definition) is 2. The van der Waals surface area contributed by atoms with Crippen LogP contribution in [-0.4, -0.2) is 36.2 Å². The third-order valence-corrected chi connectivity index (χ3v) is 5.10. The van der Waals surface area contributed by atoms with Gasteiger partial charge in [-0.15, -0.1) is 0 Å². The summed E-state index contributed by atoms with van der Waals surface area (Å²) in [7, 11) is 0. The Balaban J connectivity index is 1.58. The first-order valence-corrected chi connectivity index (χ1v) is 9.20. The smallest absolute Gasteiger partial charge is 0.368 e. The number of aryl methyl sites for hydroxylation is 2. The van der Waals surface area contributed by atoms with E-state index in [1.165, 1.54) is 28.9 Å². The Bertz CT molecular complexity index is 810. The summed E-state index contributed by atoms with van der Waals surface area (Å²) in [6, 6.07) is 11.4. The van der Waals surface area contributed by atoms with Gasteiger partial charge in [0.25, 0.3) is 0 Å². The molecular weight excluding hydrogens is 371 g/mol. The summed E-state index contributed by atoms with van der Waals surface area (Å²) >= 11 is 5.44. The molecule has 0 unspecified atom stereocenters. The summed E-state index contributed by atoms with van der Waals surface area (Å²) in [4.78, 5) is 4.40. The molecular formula is C20H22F3N3S. The molecule has 144 valence electrons. The summed E-state index contributed by atoms with van der Waals surface area (Å²) in [6.45, 7) is 7.41. The lowest BCUT2D eigenvalue weighted by Gasteiger charge is -2.38. The minimum atomic E-state index is -4.33. The van der Waals surface area contributed by atoms with E-state index >= 15 is 0 Å². The van der Waals surface area contributed by atoms with Gasteiger partial charge >= 0.3 is 6.18 Å². The average molecular weight is 393 g/mol. The van der Waals surface area contributed by atoms with Crippen molar-refractivity contribution in [2.75, 3.05) is 36.4 Å². The lowest BCUT2D eigenvalue weighted by atomic mass is 10.1. The van der Waals surface area contributed by atoms with Crippen LogP contribution < -0.4 is 10.2 Å². The summed E-state index contributed by atoms with van der Waals surface area (Å²) < 4.78 is 37.9. The number of anilines is 2. The van der Waals surface area contributed by atoms with Crippen molar-refractivity contribution in [2.24, 2.45) is 0 Å². The molecule has 1 aliphatic rings. The number of rotatable bonds is 2. The van der Waals surface area contributed by atoms with E-state index in [-0.39, 0.29) is 0 Å². The van der Waals surface area contributed by atoms with Gasteiger partial charge in [0, 0.05) is 37.6 Å². The van der Waals surface area contributed by atoms with Crippen molar-refractivity contribution in [1.29, 1.82) is 0 Å². The van der Waals surface area contributed by atoms with Crippen LogP contribution in [0.25, 0.3) is 0 Å². The van der Waals surface area contributed by atoms with Gasteiger partial charge in [0.05, 0.1) is 5.56 Å². The highest BCUT2D eigenvalue weighted by Crippen LogP contribution is 2.30. The van der Waals surface area contributed by atoms with Crippen molar-refractivity contribution in [3.63, 3.8) is 0 Å². The highest BCUT2D eigenvalue weighted by atomic mass is 32.1. The second-order valence-electron chi connectivity index (χ2n) is 6.77. The van der Waals surface area contributed by atoms with Crippen LogP contribution in [0.4, 0.5) is 24.5 Å². The van der Waals surface area contributed by atoms with E-state index in [2.05, 4.69) is 47.2 Å². The van der Waals surface area contributed by atoms with Gasteiger partial charge in [-0.05, 0) is 67.5 Å². The monoisotopic (exact) mass is 393 g/mol. The molecule has 3 rings (SSSR count). The lowest BCUT2D eigenvalue weighted by molar-refractivity contribution is -0.137. The van der Waals surface area contributed by atoms with Crippen LogP contribution >= 0.6 is 12.2 Å². The number of piperazine rings is 1. The summed E-state index contributed by atoms with van der Waals surface area (Å²) in [6.07, 6.45) is -4.33. The topological polar surface area (TPSA) is 18.5 Å². The fraction of sp³-hybridized carbons (Fsp3) is 0.350. The maximum Gasteiger partial charge on any atom is 0.416 e. The Morgan fingerprint density at radius 2 is 1.59 bits per heavy atom. The molecule has 1 fully saturated rings. The molecule has 27 heavy (non-hydrogen) atoms. The normalized spacial score (nSPS) is 15.0. The van der Waals surface area contributed by atoms with Crippen LogP contribution in [0.5, 0.6) is 0 Å². The fourth-order valence-electron chi connectivity index (χ4n) is 3.16. The zero-order valence-electron chi connectivity index (χ0n) is 15.3. The van der Waals surface area contributed by atoms with E-state index in [1.807, 2.05) is 0 Å². The van der Waals surface area contributed by atoms with Gasteiger partial charge in [-0.3, -0.25) is 0 Å². The van der Waals surface area contributed by atoms with Gasteiger partial charge in [-0.2, -0.15) is 13.2 Å². The molecule has 1 aliphatic heterocycles. The van der Waals surface area contributed by atoms with Crippen molar-refractivity contribution < 1.29 is 13.2 Å². The molecule has 0 aliphatic carbocycles. The molecule has 7 heteroatoms. The third-order valence-electron chi connectivity index (χ3n) is 4.74. The van der Waals surface area contributed by atoms with Crippen LogP contribution in [0.15, 0.2) is 42.5 Å². The molecule has 1 heterocycles. The largest absolute Gasteiger partial charge is 0.416 e. The fourth-order valence-corrected chi connectivity index (χ4v) is 3.46. The number of hydrogen-bond donors (Lipinski definition) is 1. The molecule has 0 aromatic heterocycles. The van der Waals surface area contributed by atoms with Crippen molar-refractivity contribution in [1.82, 2.24) is 4.90 Å². The number of thiocarbonyl (C=S) groups is 1. The minimum Gasteiger partial charge on any atom is -0.368 e. The van der Waals surface area contributed by atoms with Crippen LogP contribution in [0.3, 0.4) is 0 Å². The zero-order chi connectivity index (χ0) is 19.6. The molecule has 3 nitrogen and oxygen atoms in total. The minimum absolute atomic E-state index is 0.537. The van der Waals surface area contributed by atoms with Gasteiger partial charge in [-0.25, -0.2) is 0 Å². The molecule has 0 radical (unpaired) electrons. The zero-order valence-corrected chi connectivity index (χ0v) is 16.1. The second-order valence-corrected chi connectivity index (χ2v) is 7.16. The SMILES string of the molecule is Cc1ccc(C)c(N2CCN(C(=S)Nc3ccc(C(F)(F)F)cc3)CC2)c1. The predicted octanol–water partition coefficient (Wildman–Crippen LogP) is 4.84. The first-order chi connectivity index (χ1) is 12.7. The van der Waals surface area contributed by atoms with Crippen LogP contribution in [0, 0.1) is 13.8 Å². The van der Waals surface area contributed by atoms with E-state index in [0.29, 0.717) is 10.8 Å². The Labute approximate surface area is 162 Å². The molecule has 0 bridgehead atoms. The van der Waals surface area contributed by atoms with E-state index in [9.17, 15) is 13.2 Å². The molecule has 0 atom stereocenters. The Hall–Kier alpha value is -2.28. The number of benzene rings is 2. The van der Waals surface area contributed by atoms with Crippen molar-refractivity contribution >= 4 is 28.7 Å². The summed E-state index contributed by atoms with van der Waals surface area (Å²) in [5.41, 5.74) is 3.62. The Morgan fingerprint density at radius 1 is 0.963 bits per heavy atom. The quantitative estimate of drug-likeness (QED) is 0.736. The van der Waals surface area contributed by atoms with E-state index in [1.54, 1.807) is 0 Å². The van der Waals surface area contributed by atoms with Gasteiger partial charge < -0.3 is 15.1 Å². The molecule has 1 saturated heterocycles. The van der Waals surface area contributed by atoms with Crippen molar-refractivity contribution in [3.05, 3.63) is 59.2 Å². The number of alkyl halides is 3. The number of nitrogens with one attached hydrogen (secondary N) is 1. The molecule has 2 aromatic rings. The number of halogens is 3. The van der Waals surface area contributed by atoms with Gasteiger partial charge in [0.2, 0.25) is 0 Å². The van der Waals surface area contributed by atoms with Crippen LogP contribution in [0.1, 0.15) is 16.7 Å². The lowest BCUT2D eigenvalue weighted by Crippen LogP contribution is -2.50. The number of nitrogens with zero attached hydrogens (tertiary/aromatic N) is 2. The predicted molar refractivity (Wildman–Crippen MR) is 107 cm³/mol. The van der Waals surface area contributed by atoms with Gasteiger partial charge in [0.15, 0.2) is 5.11 Å². The summed E-state index contributed by atoms with van der Waals surface area (Å²) in [5, 5.41) is 3.57. The standard InChI is InChI=1S/C20H22F3N3S/c1-14-3-4-15(2)18(13-14)25-9-11-26(12-10-25)19(27)24-17-7-5-16(6-8-17)20(21,22)23/h3-8,13H,9-12H2,1-2H3,(H,24,27). The van der Waals surface area contributed by atoms with E-state index in [4.69, 9.17) is 12.2 Å². The maximum atomic E-state index is 12.6. The highest BCUT2D eigenvalue weighted by Gasteiger charge is 2.30. The van der Waals surface area contributed by atoms with Crippen LogP contribution in [-0.2, 0) is 6.18 Å². The van der Waals surface area contributed by atoms with E-state index < -0.39 is 11.7 Å². The highest BCUT2D eigenvalue weighted by molar-refractivity contribution is 7.80. The molecule has 0 amide bonds. The first-order valence-electron chi connectivity index (χ1n) is 8.79. The molecule has 0 saturated carbocycles. The Kier molecular flexibility index (Phi) is 5.60. The van der Waals surface area contributed by atoms with Gasteiger partial charge in [0.1, 0.15) is 0 Å². The second kappa shape index (κ2) is 7.76. The average Bonchev–Trinajstić information content (AvgIpc) is 2.63. The van der Waals surface area contributed by atoms with Crippen molar-refractivity contribution in [2.45, 2.75) is 20.0 Å². The molecule has 2 aromatic carbocycles. The van der Waals surface area contributed by atoms with E-state index in [0.717, 1.165) is 38.3 Å². The first kappa shape index (κ1) is 19.5. The molecule has 0 spiro atoms. The Morgan fingerprint density at radius 3 is 2.19 bits per heavy atom. The molecule has 1 N–H and O–H groups in total. The summed E-state index contributed by atoms with van der Waals surface area (Å²) in [5.74, 6) is 0.